The number of carbonyl (C=O) groups excluding carboxylic acids is 3. The van der Waals surface area contributed by atoms with Gasteiger partial charge in [-0.25, -0.2) is 4.79 Å². The molecule has 0 aromatic heterocycles. The molecule has 2 N–H and O–H groups in total. The number of benzene rings is 2. The van der Waals surface area contributed by atoms with E-state index in [0.29, 0.717) is 24.4 Å². The molecule has 0 radical (unpaired) electrons. The minimum absolute atomic E-state index is 0.326. The summed E-state index contributed by atoms with van der Waals surface area (Å²) in [6, 6.07) is 14.4. The molecule has 1 atom stereocenters. The first-order valence-corrected chi connectivity index (χ1v) is 10.7. The zero-order valence-corrected chi connectivity index (χ0v) is 19.0. The number of imide groups is 1. The number of hydrogen-bond acceptors (Lipinski definition) is 5. The largest absolute Gasteiger partial charge is 0.497 e. The van der Waals surface area contributed by atoms with Gasteiger partial charge in [0.1, 0.15) is 17.8 Å². The first kappa shape index (κ1) is 23.1. The van der Waals surface area contributed by atoms with E-state index in [-0.39, 0.29) is 12.5 Å². The Morgan fingerprint density at radius 1 is 1.16 bits per heavy atom. The number of aryl methyl sites for hydroxylation is 1. The topological polar surface area (TPSA) is 91.0 Å². The number of hydrogen-bond donors (Lipinski definition) is 2. The molecule has 8 nitrogen and oxygen atoms in total. The zero-order chi connectivity index (χ0) is 23.3. The number of likely N-dealkylation sites (N-methyl/N-ethyl adjacent to an activating group) is 1. The zero-order valence-electron chi connectivity index (χ0n) is 19.0. The van der Waals surface area contributed by atoms with Crippen molar-refractivity contribution in [3.63, 3.8) is 0 Å². The normalized spacial score (nSPS) is 17.8. The van der Waals surface area contributed by atoms with Crippen molar-refractivity contribution in [2.24, 2.45) is 0 Å². The van der Waals surface area contributed by atoms with E-state index in [4.69, 9.17) is 4.74 Å². The number of ether oxygens (including phenoxy) is 1. The smallest absolute Gasteiger partial charge is 0.325 e. The molecule has 32 heavy (non-hydrogen) atoms. The summed E-state index contributed by atoms with van der Waals surface area (Å²) in [5.74, 6) is -0.191. The van der Waals surface area contributed by atoms with Gasteiger partial charge in [0, 0.05) is 25.3 Å². The van der Waals surface area contributed by atoms with Crippen LogP contribution in [0, 0.1) is 6.92 Å². The van der Waals surface area contributed by atoms with Crippen LogP contribution >= 0.6 is 0 Å². The average molecular weight is 439 g/mol. The van der Waals surface area contributed by atoms with Crippen molar-refractivity contribution in [1.82, 2.24) is 15.5 Å². The molecule has 1 unspecified atom stereocenters. The van der Waals surface area contributed by atoms with Gasteiger partial charge in [0.05, 0.1) is 7.11 Å². The molecule has 4 amide bonds. The lowest BCUT2D eigenvalue weighted by molar-refractivity contribution is -0.134. The van der Waals surface area contributed by atoms with Gasteiger partial charge in [-0.2, -0.15) is 0 Å². The standard InChI is InChI=1S/C24H30N4O4/c1-5-27(20-9-7-6-8-17(20)2)15-14-25-21(29)16-28-22(30)24(3,26-23(28)31)18-10-12-19(32-4)13-11-18/h6-13H,5,14-16H2,1-4H3,(H,25,29)(H,26,31). The van der Waals surface area contributed by atoms with Gasteiger partial charge in [-0.15, -0.1) is 0 Å². The van der Waals surface area contributed by atoms with Crippen molar-refractivity contribution >= 4 is 23.5 Å². The Morgan fingerprint density at radius 2 is 1.84 bits per heavy atom. The number of para-hydroxylation sites is 1. The second kappa shape index (κ2) is 9.72. The van der Waals surface area contributed by atoms with Gasteiger partial charge in [0.15, 0.2) is 0 Å². The van der Waals surface area contributed by atoms with E-state index in [2.05, 4.69) is 22.5 Å². The molecule has 1 heterocycles. The predicted octanol–water partition coefficient (Wildman–Crippen LogP) is 2.41. The van der Waals surface area contributed by atoms with Crippen LogP contribution in [-0.2, 0) is 15.1 Å². The van der Waals surface area contributed by atoms with E-state index in [1.165, 1.54) is 0 Å². The number of nitrogens with zero attached hydrogens (tertiary/aromatic N) is 2. The first-order chi connectivity index (χ1) is 15.3. The monoisotopic (exact) mass is 438 g/mol. The van der Waals surface area contributed by atoms with Crippen LogP contribution in [0.15, 0.2) is 48.5 Å². The Kier molecular flexibility index (Phi) is 7.02. The highest BCUT2D eigenvalue weighted by molar-refractivity contribution is 6.09. The molecule has 1 saturated heterocycles. The van der Waals surface area contributed by atoms with Gasteiger partial charge in [0.25, 0.3) is 5.91 Å². The summed E-state index contributed by atoms with van der Waals surface area (Å²) in [4.78, 5) is 41.1. The Balaban J connectivity index is 1.58. The van der Waals surface area contributed by atoms with E-state index < -0.39 is 17.5 Å². The van der Waals surface area contributed by atoms with Gasteiger partial charge < -0.3 is 20.3 Å². The van der Waals surface area contributed by atoms with Gasteiger partial charge in [-0.05, 0) is 50.1 Å². The second-order valence-corrected chi connectivity index (χ2v) is 7.89. The third kappa shape index (κ3) is 4.69. The molecule has 2 aromatic carbocycles. The first-order valence-electron chi connectivity index (χ1n) is 10.7. The van der Waals surface area contributed by atoms with E-state index >= 15 is 0 Å². The summed E-state index contributed by atoms with van der Waals surface area (Å²) in [6.45, 7) is 7.24. The fourth-order valence-electron chi connectivity index (χ4n) is 3.86. The van der Waals surface area contributed by atoms with Gasteiger partial charge in [-0.1, -0.05) is 30.3 Å². The van der Waals surface area contributed by atoms with Crippen LogP contribution in [0.2, 0.25) is 0 Å². The van der Waals surface area contributed by atoms with Crippen molar-refractivity contribution < 1.29 is 19.1 Å². The lowest BCUT2D eigenvalue weighted by atomic mass is 9.92. The molecule has 0 spiro atoms. The number of anilines is 1. The van der Waals surface area contributed by atoms with Crippen LogP contribution in [-0.4, -0.2) is 56.0 Å². The molecule has 8 heteroatoms. The average Bonchev–Trinajstić information content (AvgIpc) is 3.01. The molecule has 0 bridgehead atoms. The minimum atomic E-state index is -1.23. The van der Waals surface area contributed by atoms with Crippen LogP contribution in [0.3, 0.4) is 0 Å². The van der Waals surface area contributed by atoms with Gasteiger partial charge in [0.2, 0.25) is 5.91 Å². The van der Waals surface area contributed by atoms with E-state index in [0.717, 1.165) is 22.7 Å². The van der Waals surface area contributed by atoms with E-state index in [1.54, 1.807) is 38.3 Å². The van der Waals surface area contributed by atoms with Crippen LogP contribution in [0.1, 0.15) is 25.0 Å². The molecule has 0 saturated carbocycles. The number of urea groups is 1. The van der Waals surface area contributed by atoms with Crippen molar-refractivity contribution in [3.8, 4) is 5.75 Å². The summed E-state index contributed by atoms with van der Waals surface area (Å²) in [5, 5.41) is 5.52. The summed E-state index contributed by atoms with van der Waals surface area (Å²) < 4.78 is 5.14. The molecule has 0 aliphatic carbocycles. The van der Waals surface area contributed by atoms with Crippen molar-refractivity contribution in [2.75, 3.05) is 38.2 Å². The molecule has 170 valence electrons. The summed E-state index contributed by atoms with van der Waals surface area (Å²) >= 11 is 0. The van der Waals surface area contributed by atoms with Gasteiger partial charge in [-0.3, -0.25) is 14.5 Å². The summed E-state index contributed by atoms with van der Waals surface area (Å²) in [6.07, 6.45) is 0. The number of amides is 4. The maximum absolute atomic E-state index is 13.0. The van der Waals surface area contributed by atoms with Crippen LogP contribution in [0.25, 0.3) is 0 Å². The van der Waals surface area contributed by atoms with Crippen LogP contribution in [0.5, 0.6) is 5.75 Å². The molecule has 1 aliphatic heterocycles. The minimum Gasteiger partial charge on any atom is -0.497 e. The molecule has 1 fully saturated rings. The number of carbonyl (C=O) groups is 3. The third-order valence-corrected chi connectivity index (χ3v) is 5.79. The Hall–Kier alpha value is -3.55. The van der Waals surface area contributed by atoms with Crippen LogP contribution in [0.4, 0.5) is 10.5 Å². The second-order valence-electron chi connectivity index (χ2n) is 7.89. The Morgan fingerprint density at radius 3 is 2.47 bits per heavy atom. The molecular weight excluding hydrogens is 408 g/mol. The van der Waals surface area contributed by atoms with Gasteiger partial charge >= 0.3 is 6.03 Å². The predicted molar refractivity (Wildman–Crippen MR) is 123 cm³/mol. The maximum Gasteiger partial charge on any atom is 0.325 e. The van der Waals surface area contributed by atoms with Crippen molar-refractivity contribution in [3.05, 3.63) is 59.7 Å². The lowest BCUT2D eigenvalue weighted by Gasteiger charge is -2.25. The quantitative estimate of drug-likeness (QED) is 0.587. The SMILES string of the molecule is CCN(CCNC(=O)CN1C(=O)NC(C)(c2ccc(OC)cc2)C1=O)c1ccccc1C. The maximum atomic E-state index is 13.0. The summed E-state index contributed by atoms with van der Waals surface area (Å²) in [5.41, 5.74) is 1.68. The summed E-state index contributed by atoms with van der Waals surface area (Å²) in [7, 11) is 1.56. The van der Waals surface area contributed by atoms with Crippen molar-refractivity contribution in [1.29, 1.82) is 0 Å². The Bertz CT molecular complexity index is 992. The molecular formula is C24H30N4O4. The number of methoxy groups -OCH3 is 1. The highest BCUT2D eigenvalue weighted by atomic mass is 16.5. The highest BCUT2D eigenvalue weighted by Crippen LogP contribution is 2.29. The Labute approximate surface area is 188 Å². The molecule has 3 rings (SSSR count). The van der Waals surface area contributed by atoms with E-state index in [1.807, 2.05) is 31.2 Å². The highest BCUT2D eigenvalue weighted by Gasteiger charge is 2.49. The lowest BCUT2D eigenvalue weighted by Crippen LogP contribution is -2.44. The fourth-order valence-corrected chi connectivity index (χ4v) is 3.86. The number of nitrogens with one attached hydrogen (secondary N) is 2. The van der Waals surface area contributed by atoms with E-state index in [9.17, 15) is 14.4 Å². The fraction of sp³-hybridized carbons (Fsp3) is 0.375. The van der Waals surface area contributed by atoms with Crippen molar-refractivity contribution in [2.45, 2.75) is 26.3 Å². The molecule has 1 aliphatic rings. The number of rotatable bonds is 9. The third-order valence-electron chi connectivity index (χ3n) is 5.79. The molecule has 2 aromatic rings. The van der Waals surface area contributed by atoms with Crippen LogP contribution < -0.4 is 20.3 Å².